The molecule has 1 aromatic rings. The first-order valence-corrected chi connectivity index (χ1v) is 8.70. The number of hydrogen-bond donors (Lipinski definition) is 2. The molecule has 144 valence electrons. The maximum Gasteiger partial charge on any atom is 0.423 e. The average Bonchev–Trinajstić information content (AvgIpc) is 2.91. The number of likely N-dealkylation sites (tertiary alicyclic amines) is 1. The Hall–Kier alpha value is -2.78. The molecule has 1 saturated heterocycles. The van der Waals surface area contributed by atoms with Gasteiger partial charge in [0.05, 0.1) is 6.10 Å². The first-order chi connectivity index (χ1) is 12.8. The summed E-state index contributed by atoms with van der Waals surface area (Å²) < 4.78 is 4.98. The third kappa shape index (κ3) is 3.56. The summed E-state index contributed by atoms with van der Waals surface area (Å²) in [5.74, 6) is -1.68. The van der Waals surface area contributed by atoms with Gasteiger partial charge in [-0.1, -0.05) is 12.1 Å². The van der Waals surface area contributed by atoms with E-state index in [4.69, 9.17) is 9.94 Å². The summed E-state index contributed by atoms with van der Waals surface area (Å²) in [6.45, 7) is 3.67. The summed E-state index contributed by atoms with van der Waals surface area (Å²) in [7, 11) is 0. The molecule has 1 unspecified atom stereocenters. The van der Waals surface area contributed by atoms with Gasteiger partial charge in [-0.05, 0) is 37.5 Å². The lowest BCUT2D eigenvalue weighted by molar-refractivity contribution is -0.149. The van der Waals surface area contributed by atoms with Crippen LogP contribution in [0.15, 0.2) is 18.2 Å². The van der Waals surface area contributed by atoms with Crippen LogP contribution in [0.2, 0.25) is 0 Å². The van der Waals surface area contributed by atoms with E-state index in [0.29, 0.717) is 10.5 Å². The van der Waals surface area contributed by atoms with Crippen LogP contribution in [0, 0.1) is 0 Å². The number of amides is 4. The third-order valence-corrected chi connectivity index (χ3v) is 4.57. The summed E-state index contributed by atoms with van der Waals surface area (Å²) in [5, 5.41) is 8.83. The van der Waals surface area contributed by atoms with Gasteiger partial charge in [-0.3, -0.25) is 14.4 Å². The number of nitrogens with one attached hydrogen (secondary N) is 1. The van der Waals surface area contributed by atoms with E-state index in [2.05, 4.69) is 5.48 Å². The van der Waals surface area contributed by atoms with Crippen molar-refractivity contribution in [2.24, 2.45) is 0 Å². The Bertz CT molecular complexity index is 806. The zero-order valence-corrected chi connectivity index (χ0v) is 15.1. The highest BCUT2D eigenvalue weighted by molar-refractivity contribution is 6.13. The molecule has 2 heterocycles. The minimum Gasteiger partial charge on any atom is -0.446 e. The number of carbonyl (C=O) groups is 4. The smallest absolute Gasteiger partial charge is 0.423 e. The van der Waals surface area contributed by atoms with Gasteiger partial charge in [0.2, 0.25) is 5.91 Å². The second-order valence-electron chi connectivity index (χ2n) is 6.81. The molecule has 4 amide bonds. The molecule has 3 rings (SSSR count). The lowest BCUT2D eigenvalue weighted by Gasteiger charge is -2.34. The molecule has 9 nitrogen and oxygen atoms in total. The Kier molecular flexibility index (Phi) is 5.24. The summed E-state index contributed by atoms with van der Waals surface area (Å²) in [4.78, 5) is 51.6. The molecule has 1 aromatic carbocycles. The minimum absolute atomic E-state index is 0.0244. The first kappa shape index (κ1) is 19.0. The number of benzene rings is 1. The molecule has 9 heteroatoms. The summed E-state index contributed by atoms with van der Waals surface area (Å²) in [5.41, 5.74) is 4.05. The predicted molar refractivity (Wildman–Crippen MR) is 91.4 cm³/mol. The van der Waals surface area contributed by atoms with E-state index in [-0.39, 0.29) is 31.8 Å². The molecular formula is C18H21N3O6. The maximum atomic E-state index is 12.8. The van der Waals surface area contributed by atoms with E-state index >= 15 is 0 Å². The number of piperidine rings is 1. The van der Waals surface area contributed by atoms with Crippen LogP contribution in [-0.2, 0) is 27.4 Å². The van der Waals surface area contributed by atoms with Gasteiger partial charge in [0.25, 0.3) is 11.8 Å². The monoisotopic (exact) mass is 375 g/mol. The van der Waals surface area contributed by atoms with Gasteiger partial charge in [0.1, 0.15) is 6.04 Å². The van der Waals surface area contributed by atoms with Crippen molar-refractivity contribution in [3.05, 3.63) is 34.9 Å². The Labute approximate surface area is 155 Å². The van der Waals surface area contributed by atoms with Crippen LogP contribution in [0.1, 0.15) is 48.2 Å². The van der Waals surface area contributed by atoms with Crippen molar-refractivity contribution >= 4 is 23.8 Å². The zero-order valence-electron chi connectivity index (χ0n) is 15.1. The fraction of sp³-hybridized carbons (Fsp3) is 0.444. The van der Waals surface area contributed by atoms with Crippen LogP contribution in [0.4, 0.5) is 4.79 Å². The molecule has 0 radical (unpaired) electrons. The molecule has 2 aliphatic rings. The highest BCUT2D eigenvalue weighted by atomic mass is 16.6. The second-order valence-corrected chi connectivity index (χ2v) is 6.81. The van der Waals surface area contributed by atoms with Crippen molar-refractivity contribution in [3.8, 4) is 0 Å². The van der Waals surface area contributed by atoms with E-state index in [0.717, 1.165) is 11.1 Å². The number of carbonyl (C=O) groups excluding carboxylic acids is 4. The molecule has 0 bridgehead atoms. The Morgan fingerprint density at radius 3 is 2.74 bits per heavy atom. The molecule has 0 spiro atoms. The quantitative estimate of drug-likeness (QED) is 0.600. The molecule has 1 fully saturated rings. The van der Waals surface area contributed by atoms with E-state index in [1.807, 2.05) is 0 Å². The van der Waals surface area contributed by atoms with E-state index in [9.17, 15) is 19.2 Å². The van der Waals surface area contributed by atoms with Gasteiger partial charge < -0.3 is 14.8 Å². The molecule has 27 heavy (non-hydrogen) atoms. The number of nitrogens with zero attached hydrogens (tertiary/aromatic N) is 2. The van der Waals surface area contributed by atoms with Crippen LogP contribution < -0.4 is 5.48 Å². The maximum absolute atomic E-state index is 12.8. The summed E-state index contributed by atoms with van der Waals surface area (Å²) >= 11 is 0. The third-order valence-electron chi connectivity index (χ3n) is 4.57. The van der Waals surface area contributed by atoms with Crippen LogP contribution >= 0.6 is 0 Å². The number of imide groups is 3. The standard InChI is InChI=1S/C18H21N3O6/c1-10(2)27-18(25)21-15(22)6-5-14(17(21)24)20-9-12-7-11(8-19-26)3-4-13(12)16(20)23/h3-4,7,10,14,19,26H,5-6,8-9H2,1-2H3. The average molecular weight is 375 g/mol. The molecular weight excluding hydrogens is 354 g/mol. The molecule has 0 aromatic heterocycles. The Balaban J connectivity index is 1.82. The normalized spacial score (nSPS) is 19.7. The number of ether oxygens (including phenoxy) is 1. The molecule has 2 aliphatic heterocycles. The van der Waals surface area contributed by atoms with Crippen LogP contribution in [-0.4, -0.2) is 51.0 Å². The first-order valence-electron chi connectivity index (χ1n) is 8.70. The molecule has 0 aliphatic carbocycles. The highest BCUT2D eigenvalue weighted by Crippen LogP contribution is 2.30. The van der Waals surface area contributed by atoms with Gasteiger partial charge in [-0.2, -0.15) is 4.90 Å². The lowest BCUT2D eigenvalue weighted by Crippen LogP contribution is -2.56. The van der Waals surface area contributed by atoms with Crippen LogP contribution in [0.3, 0.4) is 0 Å². The van der Waals surface area contributed by atoms with Crippen molar-refractivity contribution in [2.45, 2.75) is 51.9 Å². The number of rotatable bonds is 4. The molecule has 1 atom stereocenters. The van der Waals surface area contributed by atoms with Gasteiger partial charge >= 0.3 is 6.09 Å². The number of fused-ring (bicyclic) bond motifs is 1. The molecule has 2 N–H and O–H groups in total. The van der Waals surface area contributed by atoms with Crippen molar-refractivity contribution in [2.75, 3.05) is 0 Å². The van der Waals surface area contributed by atoms with E-state index in [1.54, 1.807) is 32.0 Å². The van der Waals surface area contributed by atoms with Gasteiger partial charge in [-0.15, -0.1) is 0 Å². The highest BCUT2D eigenvalue weighted by Gasteiger charge is 2.45. The van der Waals surface area contributed by atoms with Gasteiger partial charge in [0.15, 0.2) is 0 Å². The van der Waals surface area contributed by atoms with E-state index in [1.165, 1.54) is 4.90 Å². The largest absolute Gasteiger partial charge is 0.446 e. The molecule has 0 saturated carbocycles. The van der Waals surface area contributed by atoms with Crippen molar-refractivity contribution in [3.63, 3.8) is 0 Å². The van der Waals surface area contributed by atoms with E-state index < -0.39 is 30.1 Å². The fourth-order valence-electron chi connectivity index (χ4n) is 3.35. The fourth-order valence-corrected chi connectivity index (χ4v) is 3.35. The Morgan fingerprint density at radius 2 is 2.07 bits per heavy atom. The van der Waals surface area contributed by atoms with Crippen LogP contribution in [0.25, 0.3) is 0 Å². The topological polar surface area (TPSA) is 116 Å². The minimum atomic E-state index is -1.01. The van der Waals surface area contributed by atoms with Gasteiger partial charge in [0, 0.05) is 25.1 Å². The number of hydrogen-bond acceptors (Lipinski definition) is 7. The summed E-state index contributed by atoms with van der Waals surface area (Å²) in [6.07, 6.45) is -1.35. The van der Waals surface area contributed by atoms with Crippen molar-refractivity contribution < 1.29 is 29.1 Å². The Morgan fingerprint density at radius 1 is 1.33 bits per heavy atom. The second kappa shape index (κ2) is 7.45. The van der Waals surface area contributed by atoms with Gasteiger partial charge in [-0.25, -0.2) is 10.3 Å². The van der Waals surface area contributed by atoms with Crippen molar-refractivity contribution in [1.82, 2.24) is 15.3 Å². The summed E-state index contributed by atoms with van der Waals surface area (Å²) in [6, 6.07) is 4.23. The number of hydroxylamine groups is 1. The van der Waals surface area contributed by atoms with Crippen molar-refractivity contribution in [1.29, 1.82) is 0 Å². The van der Waals surface area contributed by atoms with Crippen LogP contribution in [0.5, 0.6) is 0 Å². The lowest BCUT2D eigenvalue weighted by atomic mass is 10.0. The predicted octanol–water partition coefficient (Wildman–Crippen LogP) is 1.18. The SMILES string of the molecule is CC(C)OC(=O)N1C(=O)CCC(N2Cc3cc(CNO)ccc3C2=O)C1=O. The zero-order chi connectivity index (χ0) is 19.7.